The molecule has 2 aromatic rings. The predicted octanol–water partition coefficient (Wildman–Crippen LogP) is 3.45. The smallest absolute Gasteiger partial charge is 0.263 e. The van der Waals surface area contributed by atoms with E-state index in [1.54, 1.807) is 18.2 Å². The Hall–Kier alpha value is -2.70. The number of ether oxygens (including phenoxy) is 1. The van der Waals surface area contributed by atoms with Crippen molar-refractivity contribution >= 4 is 46.8 Å². The van der Waals surface area contributed by atoms with Crippen LogP contribution in [0, 0.1) is 13.8 Å². The lowest BCUT2D eigenvalue weighted by molar-refractivity contribution is -0.123. The number of carbonyl (C=O) groups excluding carboxylic acids is 2. The van der Waals surface area contributed by atoms with Crippen LogP contribution in [0.3, 0.4) is 0 Å². The summed E-state index contributed by atoms with van der Waals surface area (Å²) in [6.45, 7) is 4.40. The Morgan fingerprint density at radius 2 is 1.67 bits per heavy atom. The van der Waals surface area contributed by atoms with E-state index in [9.17, 15) is 9.59 Å². The Morgan fingerprint density at radius 3 is 2.30 bits per heavy atom. The molecule has 0 saturated carbocycles. The summed E-state index contributed by atoms with van der Waals surface area (Å²) in [4.78, 5) is 24.1. The van der Waals surface area contributed by atoms with E-state index in [1.165, 1.54) is 6.08 Å². The van der Waals surface area contributed by atoms with Gasteiger partial charge in [0.05, 0.1) is 0 Å². The highest BCUT2D eigenvalue weighted by Gasteiger charge is 2.26. The Bertz CT molecular complexity index is 943. The molecule has 1 fully saturated rings. The molecule has 0 spiro atoms. The topological polar surface area (TPSA) is 67.4 Å². The van der Waals surface area contributed by atoms with Crippen molar-refractivity contribution in [2.75, 3.05) is 0 Å². The van der Waals surface area contributed by atoms with Crippen LogP contribution in [0.25, 0.3) is 6.08 Å². The van der Waals surface area contributed by atoms with E-state index in [0.29, 0.717) is 22.9 Å². The van der Waals surface area contributed by atoms with Gasteiger partial charge in [0.2, 0.25) is 0 Å². The van der Waals surface area contributed by atoms with E-state index < -0.39 is 11.8 Å². The van der Waals surface area contributed by atoms with Crippen molar-refractivity contribution in [1.82, 2.24) is 10.6 Å². The van der Waals surface area contributed by atoms with E-state index in [1.807, 2.05) is 26.0 Å². The molecule has 0 aromatic heterocycles. The number of amides is 2. The Morgan fingerprint density at radius 1 is 1.04 bits per heavy atom. The molecule has 0 unspecified atom stereocenters. The molecule has 3 rings (SSSR count). The first-order valence-electron chi connectivity index (χ1n) is 8.20. The summed E-state index contributed by atoms with van der Waals surface area (Å²) in [5.74, 6) is -0.618. The van der Waals surface area contributed by atoms with Crippen LogP contribution in [0.2, 0.25) is 5.02 Å². The van der Waals surface area contributed by atoms with Gasteiger partial charge >= 0.3 is 0 Å². The SMILES string of the molecule is Cc1cc(C)cc(COc2ccc(Cl)cc2C=C2C(=O)NC(=S)NC2=O)c1. The molecule has 2 aromatic carbocycles. The minimum Gasteiger partial charge on any atom is -0.488 e. The van der Waals surface area contributed by atoms with Crippen LogP contribution in [0.15, 0.2) is 42.0 Å². The molecule has 5 nitrogen and oxygen atoms in total. The first-order chi connectivity index (χ1) is 12.8. The number of rotatable bonds is 4. The molecule has 0 atom stereocenters. The monoisotopic (exact) mass is 400 g/mol. The molecule has 27 heavy (non-hydrogen) atoms. The van der Waals surface area contributed by atoms with E-state index in [0.717, 1.165) is 16.7 Å². The van der Waals surface area contributed by atoms with Crippen LogP contribution in [0.5, 0.6) is 5.75 Å². The summed E-state index contributed by atoms with van der Waals surface area (Å²) in [5, 5.41) is 5.26. The minimum atomic E-state index is -0.566. The van der Waals surface area contributed by atoms with E-state index in [4.69, 9.17) is 28.6 Å². The summed E-state index contributed by atoms with van der Waals surface area (Å²) in [5.41, 5.74) is 3.79. The van der Waals surface area contributed by atoms with Crippen LogP contribution >= 0.6 is 23.8 Å². The van der Waals surface area contributed by atoms with Crippen molar-refractivity contribution in [3.05, 3.63) is 69.2 Å². The third-order valence-corrected chi connectivity index (χ3v) is 4.33. The normalized spacial score (nSPS) is 13.9. The van der Waals surface area contributed by atoms with E-state index in [-0.39, 0.29) is 10.7 Å². The molecule has 0 bridgehead atoms. The van der Waals surface area contributed by atoms with Gasteiger partial charge in [-0.25, -0.2) is 0 Å². The van der Waals surface area contributed by atoms with Crippen molar-refractivity contribution in [1.29, 1.82) is 0 Å². The lowest BCUT2D eigenvalue weighted by atomic mass is 10.1. The maximum atomic E-state index is 12.1. The number of aryl methyl sites for hydroxylation is 2. The van der Waals surface area contributed by atoms with Crippen molar-refractivity contribution in [3.63, 3.8) is 0 Å². The maximum absolute atomic E-state index is 12.1. The van der Waals surface area contributed by atoms with Crippen LogP contribution in [0.1, 0.15) is 22.3 Å². The number of nitrogens with one attached hydrogen (secondary N) is 2. The maximum Gasteiger partial charge on any atom is 0.263 e. The quantitative estimate of drug-likeness (QED) is 0.468. The second-order valence-corrected chi connectivity index (χ2v) is 7.11. The molecule has 7 heteroatoms. The van der Waals surface area contributed by atoms with Gasteiger partial charge in [-0.05, 0) is 55.9 Å². The van der Waals surface area contributed by atoms with Crippen LogP contribution in [-0.4, -0.2) is 16.9 Å². The Kier molecular flexibility index (Phi) is 5.58. The molecule has 2 amide bonds. The second-order valence-electron chi connectivity index (χ2n) is 6.26. The molecule has 1 aliphatic rings. The molecular weight excluding hydrogens is 384 g/mol. The van der Waals surface area contributed by atoms with Gasteiger partial charge in [0.25, 0.3) is 11.8 Å². The third-order valence-electron chi connectivity index (χ3n) is 3.89. The highest BCUT2D eigenvalue weighted by atomic mass is 35.5. The molecule has 138 valence electrons. The number of carbonyl (C=O) groups is 2. The fourth-order valence-electron chi connectivity index (χ4n) is 2.84. The van der Waals surface area contributed by atoms with Crippen LogP contribution < -0.4 is 15.4 Å². The fraction of sp³-hybridized carbons (Fsp3) is 0.150. The van der Waals surface area contributed by atoms with Crippen LogP contribution in [0.4, 0.5) is 0 Å². The standard InChI is InChI=1S/C20H17ClN2O3S/c1-11-5-12(2)7-13(6-11)10-26-17-4-3-15(21)8-14(17)9-16-18(24)22-20(27)23-19(16)25/h3-9H,10H2,1-2H3,(H2,22,23,24,25,27). The molecular formula is C20H17ClN2O3S. The average Bonchev–Trinajstić information content (AvgIpc) is 2.56. The van der Waals surface area contributed by atoms with Gasteiger partial charge in [-0.2, -0.15) is 0 Å². The first kappa shape index (κ1) is 19.1. The lowest BCUT2D eigenvalue weighted by Crippen LogP contribution is -2.51. The van der Waals surface area contributed by atoms with Crippen LogP contribution in [-0.2, 0) is 16.2 Å². The number of thiocarbonyl (C=S) groups is 1. The minimum absolute atomic E-state index is 0.0143. The van der Waals surface area contributed by atoms with Crippen molar-refractivity contribution in [2.24, 2.45) is 0 Å². The summed E-state index contributed by atoms with van der Waals surface area (Å²) in [6, 6.07) is 11.2. The summed E-state index contributed by atoms with van der Waals surface area (Å²) < 4.78 is 5.93. The average molecular weight is 401 g/mol. The largest absolute Gasteiger partial charge is 0.488 e. The first-order valence-corrected chi connectivity index (χ1v) is 8.98. The van der Waals surface area contributed by atoms with Crippen molar-refractivity contribution in [3.8, 4) is 5.75 Å². The molecule has 0 radical (unpaired) electrons. The van der Waals surface area contributed by atoms with Gasteiger partial charge in [-0.3, -0.25) is 20.2 Å². The highest BCUT2D eigenvalue weighted by Crippen LogP contribution is 2.27. The van der Waals surface area contributed by atoms with Gasteiger partial charge in [0.1, 0.15) is 17.9 Å². The number of hydrogen-bond acceptors (Lipinski definition) is 4. The van der Waals surface area contributed by atoms with Crippen molar-refractivity contribution < 1.29 is 14.3 Å². The van der Waals surface area contributed by atoms with Gasteiger partial charge in [0.15, 0.2) is 5.11 Å². The predicted molar refractivity (Wildman–Crippen MR) is 109 cm³/mol. The molecule has 1 aliphatic heterocycles. The van der Waals surface area contributed by atoms with Gasteiger partial charge in [0, 0.05) is 10.6 Å². The third kappa shape index (κ3) is 4.72. The summed E-state index contributed by atoms with van der Waals surface area (Å²) in [7, 11) is 0. The van der Waals surface area contributed by atoms with E-state index >= 15 is 0 Å². The molecule has 1 heterocycles. The Labute approximate surface area is 167 Å². The zero-order chi connectivity index (χ0) is 19.6. The summed E-state index contributed by atoms with van der Waals surface area (Å²) >= 11 is 10.9. The van der Waals surface area contributed by atoms with E-state index in [2.05, 4.69) is 16.7 Å². The highest BCUT2D eigenvalue weighted by molar-refractivity contribution is 7.80. The number of benzene rings is 2. The molecule has 2 N–H and O–H groups in total. The summed E-state index contributed by atoms with van der Waals surface area (Å²) in [6.07, 6.45) is 1.44. The Balaban J connectivity index is 1.89. The molecule has 1 saturated heterocycles. The zero-order valence-corrected chi connectivity index (χ0v) is 16.3. The zero-order valence-electron chi connectivity index (χ0n) is 14.8. The van der Waals surface area contributed by atoms with Gasteiger partial charge in [-0.1, -0.05) is 40.9 Å². The van der Waals surface area contributed by atoms with Crippen molar-refractivity contribution in [2.45, 2.75) is 20.5 Å². The number of hydrogen-bond donors (Lipinski definition) is 2. The lowest BCUT2D eigenvalue weighted by Gasteiger charge is -2.17. The number of halogens is 1. The van der Waals surface area contributed by atoms with Gasteiger partial charge < -0.3 is 4.74 Å². The van der Waals surface area contributed by atoms with Gasteiger partial charge in [-0.15, -0.1) is 0 Å². The second kappa shape index (κ2) is 7.90. The molecule has 0 aliphatic carbocycles. The fourth-order valence-corrected chi connectivity index (χ4v) is 3.20.